The summed E-state index contributed by atoms with van der Waals surface area (Å²) in [5.74, 6) is -0.0466. The van der Waals surface area contributed by atoms with Gasteiger partial charge in [0, 0.05) is 29.4 Å². The number of anilines is 1. The molecule has 1 aliphatic carbocycles. The van der Waals surface area contributed by atoms with Crippen molar-refractivity contribution in [2.45, 2.75) is 26.2 Å². The molecule has 25 heavy (non-hydrogen) atoms. The Morgan fingerprint density at radius 3 is 2.76 bits per heavy atom. The number of carbonyl (C=O) groups excluding carboxylic acids is 1. The van der Waals surface area contributed by atoms with Crippen molar-refractivity contribution in [1.29, 1.82) is 0 Å². The van der Waals surface area contributed by atoms with Gasteiger partial charge in [-0.25, -0.2) is 0 Å². The van der Waals surface area contributed by atoms with Crippen molar-refractivity contribution >= 4 is 34.1 Å². The van der Waals surface area contributed by atoms with Crippen LogP contribution in [0.25, 0.3) is 10.9 Å². The van der Waals surface area contributed by atoms with Crippen LogP contribution in [0.2, 0.25) is 5.02 Å². The fraction of sp³-hybridized carbons (Fsp3) is 0.238. The molecule has 3 aromatic rings. The monoisotopic (exact) mass is 350 g/mol. The molecule has 0 fully saturated rings. The molecule has 0 N–H and O–H groups in total. The molecule has 4 heteroatoms. The number of fused-ring (bicyclic) bond motifs is 2. The quantitative estimate of drug-likeness (QED) is 0.654. The molecule has 0 saturated carbocycles. The molecule has 0 bridgehead atoms. The van der Waals surface area contributed by atoms with Crippen LogP contribution in [-0.4, -0.2) is 17.9 Å². The minimum Gasteiger partial charge on any atom is -0.311 e. The molecular weight excluding hydrogens is 332 g/mol. The van der Waals surface area contributed by atoms with Crippen LogP contribution in [0.5, 0.6) is 0 Å². The smallest absolute Gasteiger partial charge is 0.258 e. The third kappa shape index (κ3) is 2.69. The molecule has 0 spiro atoms. The van der Waals surface area contributed by atoms with Crippen molar-refractivity contribution in [2.24, 2.45) is 0 Å². The number of pyridine rings is 1. The van der Waals surface area contributed by atoms with E-state index < -0.39 is 0 Å². The first-order chi connectivity index (χ1) is 12.1. The molecule has 0 saturated heterocycles. The number of carbonyl (C=O) groups is 1. The lowest BCUT2D eigenvalue weighted by molar-refractivity contribution is 0.0993. The first kappa shape index (κ1) is 16.1. The van der Waals surface area contributed by atoms with Crippen molar-refractivity contribution in [2.75, 3.05) is 11.9 Å². The van der Waals surface area contributed by atoms with Gasteiger partial charge in [0.1, 0.15) is 0 Å². The largest absolute Gasteiger partial charge is 0.311 e. The van der Waals surface area contributed by atoms with Crippen LogP contribution in [0.1, 0.15) is 33.6 Å². The SMILES string of the molecule is Cc1ccccc1N(C)C(=O)c1ccc2c(Cl)c3c(nc2c1)CCC3. The number of rotatable bonds is 2. The minimum atomic E-state index is -0.0466. The maximum atomic E-state index is 12.9. The Balaban J connectivity index is 1.76. The van der Waals surface area contributed by atoms with Crippen molar-refractivity contribution in [3.63, 3.8) is 0 Å². The van der Waals surface area contributed by atoms with E-state index in [0.717, 1.165) is 52.1 Å². The van der Waals surface area contributed by atoms with E-state index in [1.807, 2.05) is 49.4 Å². The number of aromatic nitrogens is 1. The average molecular weight is 351 g/mol. The number of para-hydroxylation sites is 1. The van der Waals surface area contributed by atoms with Crippen LogP contribution in [0.15, 0.2) is 42.5 Å². The van der Waals surface area contributed by atoms with Crippen molar-refractivity contribution in [3.05, 3.63) is 69.9 Å². The molecule has 1 amide bonds. The summed E-state index contributed by atoms with van der Waals surface area (Å²) in [5.41, 5.74) is 5.65. The predicted octanol–water partition coefficient (Wildman–Crippen LogP) is 4.96. The highest BCUT2D eigenvalue weighted by Crippen LogP contribution is 2.34. The van der Waals surface area contributed by atoms with Gasteiger partial charge in [0.25, 0.3) is 5.91 Å². The van der Waals surface area contributed by atoms with Crippen molar-refractivity contribution in [3.8, 4) is 0 Å². The van der Waals surface area contributed by atoms with E-state index >= 15 is 0 Å². The Morgan fingerprint density at radius 1 is 1.16 bits per heavy atom. The Morgan fingerprint density at radius 2 is 1.96 bits per heavy atom. The second-order valence-electron chi connectivity index (χ2n) is 6.59. The van der Waals surface area contributed by atoms with Gasteiger partial charge in [-0.05, 0) is 55.5 Å². The Hall–Kier alpha value is -2.39. The number of benzene rings is 2. The average Bonchev–Trinajstić information content (AvgIpc) is 3.09. The van der Waals surface area contributed by atoms with Gasteiger partial charge in [-0.3, -0.25) is 9.78 Å². The molecule has 0 atom stereocenters. The van der Waals surface area contributed by atoms with E-state index in [0.29, 0.717) is 5.56 Å². The first-order valence-electron chi connectivity index (χ1n) is 8.51. The van der Waals surface area contributed by atoms with Crippen molar-refractivity contribution in [1.82, 2.24) is 4.98 Å². The zero-order valence-corrected chi connectivity index (χ0v) is 15.1. The number of hydrogen-bond acceptors (Lipinski definition) is 2. The molecule has 3 nitrogen and oxygen atoms in total. The molecule has 1 aromatic heterocycles. The van der Waals surface area contributed by atoms with Gasteiger partial charge in [-0.1, -0.05) is 35.9 Å². The fourth-order valence-corrected chi connectivity index (χ4v) is 3.94. The standard InChI is InChI=1S/C21H19ClN2O/c1-13-6-3-4-9-19(13)24(2)21(25)14-10-11-16-18(12-14)23-17-8-5-7-15(17)20(16)22/h3-4,6,9-12H,5,7-8H2,1-2H3. The molecular formula is C21H19ClN2O. The summed E-state index contributed by atoms with van der Waals surface area (Å²) in [6, 6.07) is 13.5. The van der Waals surface area contributed by atoms with E-state index in [-0.39, 0.29) is 5.91 Å². The Kier molecular flexibility index (Phi) is 3.97. The van der Waals surface area contributed by atoms with Gasteiger partial charge < -0.3 is 4.90 Å². The van der Waals surface area contributed by atoms with E-state index in [9.17, 15) is 4.79 Å². The van der Waals surface area contributed by atoms with Gasteiger partial charge in [0.2, 0.25) is 0 Å². The molecule has 2 aromatic carbocycles. The lowest BCUT2D eigenvalue weighted by Gasteiger charge is -2.20. The maximum Gasteiger partial charge on any atom is 0.258 e. The van der Waals surface area contributed by atoms with Gasteiger partial charge in [-0.2, -0.15) is 0 Å². The minimum absolute atomic E-state index is 0.0466. The maximum absolute atomic E-state index is 12.9. The van der Waals surface area contributed by atoms with E-state index in [1.165, 1.54) is 5.56 Å². The highest BCUT2D eigenvalue weighted by atomic mass is 35.5. The number of aryl methyl sites for hydroxylation is 2. The zero-order chi connectivity index (χ0) is 17.6. The van der Waals surface area contributed by atoms with Crippen LogP contribution in [0.3, 0.4) is 0 Å². The summed E-state index contributed by atoms with van der Waals surface area (Å²) in [7, 11) is 1.80. The van der Waals surface area contributed by atoms with Crippen molar-refractivity contribution < 1.29 is 4.79 Å². The van der Waals surface area contributed by atoms with E-state index in [1.54, 1.807) is 11.9 Å². The summed E-state index contributed by atoms with van der Waals surface area (Å²) in [6.45, 7) is 2.00. The van der Waals surface area contributed by atoms with E-state index in [2.05, 4.69) is 0 Å². The third-order valence-corrected chi connectivity index (χ3v) is 5.40. The van der Waals surface area contributed by atoms with Crippen LogP contribution >= 0.6 is 11.6 Å². The van der Waals surface area contributed by atoms with Gasteiger partial charge >= 0.3 is 0 Å². The van der Waals surface area contributed by atoms with Crippen LogP contribution < -0.4 is 4.90 Å². The van der Waals surface area contributed by atoms with E-state index in [4.69, 9.17) is 16.6 Å². The second-order valence-corrected chi connectivity index (χ2v) is 6.97. The highest BCUT2D eigenvalue weighted by Gasteiger charge is 2.20. The second kappa shape index (κ2) is 6.16. The zero-order valence-electron chi connectivity index (χ0n) is 14.3. The molecule has 126 valence electrons. The lowest BCUT2D eigenvalue weighted by atomic mass is 10.1. The summed E-state index contributed by atoms with van der Waals surface area (Å²) >= 11 is 6.56. The Labute approximate surface area is 152 Å². The summed E-state index contributed by atoms with van der Waals surface area (Å²) in [5, 5.41) is 1.72. The normalized spacial score (nSPS) is 13.1. The summed E-state index contributed by atoms with van der Waals surface area (Å²) < 4.78 is 0. The molecule has 1 heterocycles. The predicted molar refractivity (Wildman–Crippen MR) is 103 cm³/mol. The topological polar surface area (TPSA) is 33.2 Å². The van der Waals surface area contributed by atoms with Crippen LogP contribution in [0.4, 0.5) is 5.69 Å². The summed E-state index contributed by atoms with van der Waals surface area (Å²) in [4.78, 5) is 19.4. The molecule has 0 unspecified atom stereocenters. The molecule has 4 rings (SSSR count). The number of nitrogens with zero attached hydrogens (tertiary/aromatic N) is 2. The number of halogens is 1. The highest BCUT2D eigenvalue weighted by molar-refractivity contribution is 6.36. The molecule has 1 aliphatic rings. The number of amides is 1. The van der Waals surface area contributed by atoms with Crippen LogP contribution in [0, 0.1) is 6.92 Å². The molecule has 0 radical (unpaired) electrons. The van der Waals surface area contributed by atoms with Crippen LogP contribution in [-0.2, 0) is 12.8 Å². The fourth-order valence-electron chi connectivity index (χ4n) is 3.58. The van der Waals surface area contributed by atoms with Gasteiger partial charge in [-0.15, -0.1) is 0 Å². The van der Waals surface area contributed by atoms with Gasteiger partial charge in [0.05, 0.1) is 10.5 Å². The summed E-state index contributed by atoms with van der Waals surface area (Å²) in [6.07, 6.45) is 3.06. The Bertz CT molecular complexity index is 997. The number of hydrogen-bond donors (Lipinski definition) is 0. The van der Waals surface area contributed by atoms with Gasteiger partial charge in [0.15, 0.2) is 0 Å². The molecule has 0 aliphatic heterocycles. The lowest BCUT2D eigenvalue weighted by Crippen LogP contribution is -2.26. The first-order valence-corrected chi connectivity index (χ1v) is 8.89. The third-order valence-electron chi connectivity index (χ3n) is 4.97.